The molecular formula is C12H17ClN4O3S. The van der Waals surface area contributed by atoms with Gasteiger partial charge in [0.05, 0.1) is 17.7 Å². The van der Waals surface area contributed by atoms with Crippen LogP contribution in [0.1, 0.15) is 19.7 Å². The SMILES string of the molecule is COc1ncnc2c1nc(CCl)n2CC(C)(C)S(C)(=O)=O. The molecule has 2 aromatic heterocycles. The molecular weight excluding hydrogens is 316 g/mol. The average molecular weight is 333 g/mol. The van der Waals surface area contributed by atoms with E-state index in [1.54, 1.807) is 18.4 Å². The van der Waals surface area contributed by atoms with Gasteiger partial charge >= 0.3 is 0 Å². The van der Waals surface area contributed by atoms with Crippen molar-refractivity contribution in [3.05, 3.63) is 12.2 Å². The standard InChI is InChI=1S/C12H17ClN4O3S/c1-12(2,21(4,18)19)6-17-8(5-13)16-9-10(17)14-7-15-11(9)20-3/h7H,5-6H2,1-4H3. The van der Waals surface area contributed by atoms with Crippen molar-refractivity contribution in [1.29, 1.82) is 0 Å². The van der Waals surface area contributed by atoms with E-state index in [-0.39, 0.29) is 12.4 Å². The Balaban J connectivity index is 2.63. The molecule has 0 fully saturated rings. The number of imidazole rings is 1. The van der Waals surface area contributed by atoms with Gasteiger partial charge in [-0.25, -0.2) is 18.4 Å². The molecule has 21 heavy (non-hydrogen) atoms. The molecule has 2 heterocycles. The lowest BCUT2D eigenvalue weighted by molar-refractivity contribution is 0.401. The Bertz CT molecular complexity index is 770. The molecule has 0 unspecified atom stereocenters. The summed E-state index contributed by atoms with van der Waals surface area (Å²) < 4.78 is 29.7. The second kappa shape index (κ2) is 5.42. The molecule has 0 N–H and O–H groups in total. The summed E-state index contributed by atoms with van der Waals surface area (Å²) in [6.45, 7) is 3.51. The highest BCUT2D eigenvalue weighted by Crippen LogP contribution is 2.26. The molecule has 0 aliphatic heterocycles. The topological polar surface area (TPSA) is 87.0 Å². The lowest BCUT2D eigenvalue weighted by Crippen LogP contribution is -2.36. The van der Waals surface area contributed by atoms with E-state index in [0.29, 0.717) is 22.9 Å². The van der Waals surface area contributed by atoms with Crippen molar-refractivity contribution < 1.29 is 13.2 Å². The smallest absolute Gasteiger partial charge is 0.245 e. The van der Waals surface area contributed by atoms with Gasteiger partial charge in [-0.15, -0.1) is 11.6 Å². The molecule has 0 amide bonds. The molecule has 0 atom stereocenters. The summed E-state index contributed by atoms with van der Waals surface area (Å²) in [5, 5.41) is 0. The van der Waals surface area contributed by atoms with Gasteiger partial charge in [0, 0.05) is 12.8 Å². The minimum atomic E-state index is -3.25. The molecule has 2 rings (SSSR count). The largest absolute Gasteiger partial charge is 0.479 e. The summed E-state index contributed by atoms with van der Waals surface area (Å²) in [6.07, 6.45) is 2.56. The Morgan fingerprint density at radius 2 is 2.05 bits per heavy atom. The third kappa shape index (κ3) is 2.82. The van der Waals surface area contributed by atoms with Crippen LogP contribution in [0.25, 0.3) is 11.2 Å². The van der Waals surface area contributed by atoms with Gasteiger partial charge in [0.15, 0.2) is 21.0 Å². The van der Waals surface area contributed by atoms with Crippen LogP contribution in [0, 0.1) is 0 Å². The lowest BCUT2D eigenvalue weighted by Gasteiger charge is -2.23. The van der Waals surface area contributed by atoms with Gasteiger partial charge in [0.1, 0.15) is 12.2 Å². The quantitative estimate of drug-likeness (QED) is 0.769. The number of methoxy groups -OCH3 is 1. The van der Waals surface area contributed by atoms with Crippen molar-refractivity contribution in [3.8, 4) is 5.88 Å². The van der Waals surface area contributed by atoms with Gasteiger partial charge in [-0.3, -0.25) is 0 Å². The summed E-state index contributed by atoms with van der Waals surface area (Å²) in [6, 6.07) is 0. The van der Waals surface area contributed by atoms with Crippen LogP contribution >= 0.6 is 11.6 Å². The van der Waals surface area contributed by atoms with Gasteiger partial charge in [0.2, 0.25) is 5.88 Å². The molecule has 0 aromatic carbocycles. The minimum Gasteiger partial charge on any atom is -0.479 e. The van der Waals surface area contributed by atoms with Gasteiger partial charge in [-0.05, 0) is 13.8 Å². The van der Waals surface area contributed by atoms with E-state index >= 15 is 0 Å². The first-order valence-electron chi connectivity index (χ1n) is 6.21. The highest BCUT2D eigenvalue weighted by molar-refractivity contribution is 7.92. The number of fused-ring (bicyclic) bond motifs is 1. The molecule has 0 radical (unpaired) electrons. The predicted octanol–water partition coefficient (Wildman–Crippen LogP) is 1.40. The van der Waals surface area contributed by atoms with Crippen LogP contribution in [0.4, 0.5) is 0 Å². The van der Waals surface area contributed by atoms with E-state index in [2.05, 4.69) is 15.0 Å². The molecule has 0 saturated heterocycles. The number of ether oxygens (including phenoxy) is 1. The molecule has 7 nitrogen and oxygen atoms in total. The van der Waals surface area contributed by atoms with E-state index in [1.807, 2.05) is 0 Å². The third-order valence-corrected chi connectivity index (χ3v) is 5.81. The van der Waals surface area contributed by atoms with E-state index in [1.165, 1.54) is 19.7 Å². The van der Waals surface area contributed by atoms with Gasteiger partial charge in [-0.2, -0.15) is 4.98 Å². The molecule has 0 aliphatic rings. The number of halogens is 1. The summed E-state index contributed by atoms with van der Waals surface area (Å²) in [7, 11) is -1.77. The fraction of sp³-hybridized carbons (Fsp3) is 0.583. The summed E-state index contributed by atoms with van der Waals surface area (Å²) in [5.74, 6) is 1.00. The summed E-state index contributed by atoms with van der Waals surface area (Å²) >= 11 is 5.92. The maximum atomic E-state index is 11.9. The number of alkyl halides is 1. The van der Waals surface area contributed by atoms with E-state index < -0.39 is 14.6 Å². The normalized spacial score (nSPS) is 12.8. The zero-order valence-electron chi connectivity index (χ0n) is 12.3. The van der Waals surface area contributed by atoms with Gasteiger partial charge in [0.25, 0.3) is 0 Å². The van der Waals surface area contributed by atoms with Gasteiger partial charge in [-0.1, -0.05) is 0 Å². The van der Waals surface area contributed by atoms with Crippen LogP contribution in [-0.2, 0) is 22.3 Å². The van der Waals surface area contributed by atoms with Crippen LogP contribution in [-0.4, -0.2) is 46.0 Å². The molecule has 116 valence electrons. The number of sulfone groups is 1. The van der Waals surface area contributed by atoms with E-state index in [0.717, 1.165) is 0 Å². The first kappa shape index (κ1) is 16.0. The van der Waals surface area contributed by atoms with E-state index in [4.69, 9.17) is 16.3 Å². The zero-order valence-corrected chi connectivity index (χ0v) is 13.9. The van der Waals surface area contributed by atoms with Crippen LogP contribution in [0.3, 0.4) is 0 Å². The second-order valence-corrected chi connectivity index (χ2v) is 8.25. The van der Waals surface area contributed by atoms with Crippen molar-refractivity contribution in [1.82, 2.24) is 19.5 Å². The van der Waals surface area contributed by atoms with Crippen molar-refractivity contribution in [2.24, 2.45) is 0 Å². The minimum absolute atomic E-state index is 0.138. The second-order valence-electron chi connectivity index (χ2n) is 5.33. The Hall–Kier alpha value is -1.41. The molecule has 9 heteroatoms. The maximum Gasteiger partial charge on any atom is 0.245 e. The number of nitrogens with zero attached hydrogens (tertiary/aromatic N) is 4. The average Bonchev–Trinajstić information content (AvgIpc) is 2.75. The molecule has 2 aromatic rings. The fourth-order valence-electron chi connectivity index (χ4n) is 1.88. The molecule has 0 aliphatic carbocycles. The molecule has 0 bridgehead atoms. The van der Waals surface area contributed by atoms with Crippen molar-refractivity contribution in [2.75, 3.05) is 13.4 Å². The number of hydrogen-bond donors (Lipinski definition) is 0. The Kier molecular flexibility index (Phi) is 4.12. The Morgan fingerprint density at radius 3 is 2.57 bits per heavy atom. The predicted molar refractivity (Wildman–Crippen MR) is 80.4 cm³/mol. The van der Waals surface area contributed by atoms with Crippen LogP contribution in [0.15, 0.2) is 6.33 Å². The summed E-state index contributed by atoms with van der Waals surface area (Å²) in [5.41, 5.74) is 0.981. The first-order chi connectivity index (χ1) is 9.71. The monoisotopic (exact) mass is 332 g/mol. The molecule has 0 saturated carbocycles. The zero-order chi connectivity index (χ0) is 15.8. The third-order valence-electron chi connectivity index (χ3n) is 3.43. The Labute approximate surface area is 128 Å². The number of rotatable bonds is 5. The highest BCUT2D eigenvalue weighted by Gasteiger charge is 2.32. The van der Waals surface area contributed by atoms with Crippen LogP contribution < -0.4 is 4.74 Å². The lowest BCUT2D eigenvalue weighted by atomic mass is 10.2. The van der Waals surface area contributed by atoms with Crippen molar-refractivity contribution >= 4 is 32.6 Å². The van der Waals surface area contributed by atoms with Crippen LogP contribution in [0.5, 0.6) is 5.88 Å². The van der Waals surface area contributed by atoms with Gasteiger partial charge < -0.3 is 9.30 Å². The Morgan fingerprint density at radius 1 is 1.38 bits per heavy atom. The van der Waals surface area contributed by atoms with Crippen molar-refractivity contribution in [3.63, 3.8) is 0 Å². The summed E-state index contributed by atoms with van der Waals surface area (Å²) in [4.78, 5) is 12.5. The molecule has 0 spiro atoms. The number of hydrogen-bond acceptors (Lipinski definition) is 6. The highest BCUT2D eigenvalue weighted by atomic mass is 35.5. The first-order valence-corrected chi connectivity index (χ1v) is 8.63. The fourth-order valence-corrected chi connectivity index (χ4v) is 2.44. The number of aromatic nitrogens is 4. The maximum absolute atomic E-state index is 11.9. The van der Waals surface area contributed by atoms with Crippen LogP contribution in [0.2, 0.25) is 0 Å². The van der Waals surface area contributed by atoms with Crippen molar-refractivity contribution in [2.45, 2.75) is 31.0 Å². The van der Waals surface area contributed by atoms with E-state index in [9.17, 15) is 8.42 Å².